The van der Waals surface area contributed by atoms with Crippen molar-refractivity contribution in [1.82, 2.24) is 19.7 Å². The van der Waals surface area contributed by atoms with Crippen LogP contribution in [0.3, 0.4) is 0 Å². The Kier molecular flexibility index (Phi) is 4.82. The molecule has 2 atom stereocenters. The molecule has 0 saturated carbocycles. The number of morpholine rings is 1. The molecule has 22 heavy (non-hydrogen) atoms. The van der Waals surface area contributed by atoms with Crippen molar-refractivity contribution in [2.24, 2.45) is 7.05 Å². The molecule has 1 aliphatic heterocycles. The monoisotopic (exact) mass is 302 g/mol. The van der Waals surface area contributed by atoms with Crippen molar-refractivity contribution in [3.63, 3.8) is 0 Å². The van der Waals surface area contributed by atoms with E-state index in [0.717, 1.165) is 24.5 Å². The van der Waals surface area contributed by atoms with Crippen molar-refractivity contribution in [1.29, 1.82) is 0 Å². The largest absolute Gasteiger partial charge is 0.391 e. The van der Waals surface area contributed by atoms with Crippen LogP contribution in [0, 0.1) is 0 Å². The Morgan fingerprint density at radius 1 is 1.36 bits per heavy atom. The van der Waals surface area contributed by atoms with Crippen LogP contribution in [0.2, 0.25) is 0 Å². The highest BCUT2D eigenvalue weighted by atomic mass is 16.5. The van der Waals surface area contributed by atoms with Gasteiger partial charge in [-0.15, -0.1) is 10.2 Å². The van der Waals surface area contributed by atoms with Crippen molar-refractivity contribution in [3.05, 3.63) is 48.0 Å². The molecule has 0 bridgehead atoms. The van der Waals surface area contributed by atoms with Crippen LogP contribution in [0.15, 0.2) is 36.7 Å². The molecule has 0 spiro atoms. The average molecular weight is 302 g/mol. The second-order valence-electron chi connectivity index (χ2n) is 5.76. The number of aryl methyl sites for hydroxylation is 1. The number of ether oxygens (including phenoxy) is 1. The zero-order valence-corrected chi connectivity index (χ0v) is 12.8. The van der Waals surface area contributed by atoms with Crippen LogP contribution in [0.25, 0.3) is 0 Å². The summed E-state index contributed by atoms with van der Waals surface area (Å²) in [4.78, 5) is 2.23. The van der Waals surface area contributed by atoms with Gasteiger partial charge in [-0.1, -0.05) is 30.3 Å². The van der Waals surface area contributed by atoms with Crippen molar-refractivity contribution >= 4 is 0 Å². The molecule has 0 unspecified atom stereocenters. The van der Waals surface area contributed by atoms with E-state index in [1.807, 2.05) is 41.9 Å². The van der Waals surface area contributed by atoms with E-state index in [-0.39, 0.29) is 12.2 Å². The summed E-state index contributed by atoms with van der Waals surface area (Å²) >= 11 is 0. The van der Waals surface area contributed by atoms with Gasteiger partial charge in [0.15, 0.2) is 5.82 Å². The van der Waals surface area contributed by atoms with Gasteiger partial charge in [-0.3, -0.25) is 4.90 Å². The number of aromatic nitrogens is 3. The lowest BCUT2D eigenvalue weighted by atomic mass is 10.1. The first-order valence-electron chi connectivity index (χ1n) is 7.62. The summed E-state index contributed by atoms with van der Waals surface area (Å²) in [7, 11) is 1.92. The first-order valence-corrected chi connectivity index (χ1v) is 7.62. The minimum atomic E-state index is -0.374. The summed E-state index contributed by atoms with van der Waals surface area (Å²) in [5.74, 6) is 0.835. The molecule has 118 valence electrons. The lowest BCUT2D eigenvalue weighted by molar-refractivity contribution is -0.0469. The molecule has 1 aromatic heterocycles. The number of β-amino-alcohol motifs (C(OH)–C–C–N with tert-alkyl or cyclic N) is 1. The molecule has 2 aromatic rings. The number of aliphatic hydroxyl groups excluding tert-OH is 1. The second-order valence-corrected chi connectivity index (χ2v) is 5.76. The zero-order chi connectivity index (χ0) is 15.4. The molecule has 6 nitrogen and oxygen atoms in total. The molecule has 0 radical (unpaired) electrons. The molecule has 3 rings (SSSR count). The van der Waals surface area contributed by atoms with Gasteiger partial charge < -0.3 is 14.4 Å². The average Bonchev–Trinajstić information content (AvgIpc) is 2.94. The van der Waals surface area contributed by atoms with E-state index in [1.54, 1.807) is 6.33 Å². The molecular weight excluding hydrogens is 280 g/mol. The minimum Gasteiger partial charge on any atom is -0.391 e. The van der Waals surface area contributed by atoms with Crippen LogP contribution in [0.1, 0.15) is 17.5 Å². The molecule has 0 aliphatic carbocycles. The Hall–Kier alpha value is -1.76. The summed E-state index contributed by atoms with van der Waals surface area (Å²) in [5.41, 5.74) is 1.16. The summed E-state index contributed by atoms with van der Waals surface area (Å²) < 4.78 is 7.67. The maximum Gasteiger partial charge on any atom is 0.163 e. The first-order chi connectivity index (χ1) is 10.7. The Bertz CT molecular complexity index is 587. The summed E-state index contributed by atoms with van der Waals surface area (Å²) in [6, 6.07) is 10.1. The van der Waals surface area contributed by atoms with Gasteiger partial charge in [0.1, 0.15) is 12.4 Å². The lowest BCUT2D eigenvalue weighted by Gasteiger charge is -2.33. The molecule has 1 fully saturated rings. The van der Waals surface area contributed by atoms with E-state index in [9.17, 15) is 5.11 Å². The van der Waals surface area contributed by atoms with Gasteiger partial charge in [-0.05, 0) is 12.0 Å². The highest BCUT2D eigenvalue weighted by molar-refractivity contribution is 5.15. The third kappa shape index (κ3) is 3.71. The molecule has 2 heterocycles. The molecule has 0 amide bonds. The van der Waals surface area contributed by atoms with E-state index in [4.69, 9.17) is 4.74 Å². The zero-order valence-electron chi connectivity index (χ0n) is 12.8. The van der Waals surface area contributed by atoms with Crippen LogP contribution in [0.4, 0.5) is 0 Å². The smallest absolute Gasteiger partial charge is 0.163 e. The number of hydrogen-bond acceptors (Lipinski definition) is 5. The standard InChI is InChI=1S/C16H22N4O2/c1-19-12-17-18-16(19)15-11-20(7-8-22-15)10-14(21)9-13-5-3-2-4-6-13/h2-6,12,14-15,21H,7-11H2,1H3/t14-,15+/m0/s1. The van der Waals surface area contributed by atoms with Gasteiger partial charge in [-0.2, -0.15) is 0 Å². The Labute approximate surface area is 130 Å². The summed E-state index contributed by atoms with van der Waals surface area (Å²) in [5, 5.41) is 18.3. The molecular formula is C16H22N4O2. The Morgan fingerprint density at radius 2 is 2.18 bits per heavy atom. The third-order valence-corrected chi connectivity index (χ3v) is 3.97. The molecule has 1 N–H and O–H groups in total. The van der Waals surface area contributed by atoms with E-state index in [1.165, 1.54) is 0 Å². The number of rotatable bonds is 5. The molecule has 1 saturated heterocycles. The fraction of sp³-hybridized carbons (Fsp3) is 0.500. The minimum absolute atomic E-state index is 0.0785. The van der Waals surface area contributed by atoms with Gasteiger partial charge in [0, 0.05) is 26.7 Å². The van der Waals surface area contributed by atoms with Crippen molar-refractivity contribution in [2.45, 2.75) is 18.6 Å². The van der Waals surface area contributed by atoms with E-state index in [2.05, 4.69) is 15.1 Å². The molecule has 1 aromatic carbocycles. The maximum absolute atomic E-state index is 10.3. The van der Waals surface area contributed by atoms with Crippen molar-refractivity contribution < 1.29 is 9.84 Å². The highest BCUT2D eigenvalue weighted by Gasteiger charge is 2.26. The highest BCUT2D eigenvalue weighted by Crippen LogP contribution is 2.20. The van der Waals surface area contributed by atoms with Crippen LogP contribution in [-0.4, -0.2) is 57.1 Å². The quantitative estimate of drug-likeness (QED) is 0.885. The van der Waals surface area contributed by atoms with E-state index < -0.39 is 0 Å². The molecule has 1 aliphatic rings. The Morgan fingerprint density at radius 3 is 2.91 bits per heavy atom. The fourth-order valence-corrected chi connectivity index (χ4v) is 2.86. The van der Waals surface area contributed by atoms with Crippen LogP contribution in [-0.2, 0) is 18.2 Å². The number of hydrogen-bond donors (Lipinski definition) is 1. The number of aliphatic hydroxyl groups is 1. The van der Waals surface area contributed by atoms with Gasteiger partial charge in [-0.25, -0.2) is 0 Å². The third-order valence-electron chi connectivity index (χ3n) is 3.97. The topological polar surface area (TPSA) is 63.4 Å². The van der Waals surface area contributed by atoms with Crippen molar-refractivity contribution in [3.8, 4) is 0 Å². The van der Waals surface area contributed by atoms with Gasteiger partial charge in [0.05, 0.1) is 12.7 Å². The van der Waals surface area contributed by atoms with E-state index in [0.29, 0.717) is 19.6 Å². The summed E-state index contributed by atoms with van der Waals surface area (Å²) in [6.45, 7) is 2.86. The SMILES string of the molecule is Cn1cnnc1[C@H]1CN(C[C@@H](O)Cc2ccccc2)CCO1. The Balaban J connectivity index is 1.55. The summed E-state index contributed by atoms with van der Waals surface area (Å²) in [6.07, 6.45) is 1.90. The van der Waals surface area contributed by atoms with Crippen LogP contribution < -0.4 is 0 Å². The van der Waals surface area contributed by atoms with Crippen LogP contribution >= 0.6 is 0 Å². The molecule has 6 heteroatoms. The number of benzene rings is 1. The predicted octanol–water partition coefficient (Wildman–Crippen LogP) is 0.792. The van der Waals surface area contributed by atoms with Gasteiger partial charge in [0.2, 0.25) is 0 Å². The van der Waals surface area contributed by atoms with Crippen molar-refractivity contribution in [2.75, 3.05) is 26.2 Å². The second kappa shape index (κ2) is 7.00. The van der Waals surface area contributed by atoms with E-state index >= 15 is 0 Å². The predicted molar refractivity (Wildman–Crippen MR) is 82.3 cm³/mol. The normalized spacial score (nSPS) is 20.9. The number of nitrogens with zero attached hydrogens (tertiary/aromatic N) is 4. The first kappa shape index (κ1) is 15.1. The van der Waals surface area contributed by atoms with Crippen LogP contribution in [0.5, 0.6) is 0 Å². The fourth-order valence-electron chi connectivity index (χ4n) is 2.86. The van der Waals surface area contributed by atoms with Gasteiger partial charge >= 0.3 is 0 Å². The lowest BCUT2D eigenvalue weighted by Crippen LogP contribution is -2.43. The van der Waals surface area contributed by atoms with Gasteiger partial charge in [0.25, 0.3) is 0 Å². The maximum atomic E-state index is 10.3.